The summed E-state index contributed by atoms with van der Waals surface area (Å²) in [5.74, 6) is 0.202. The van der Waals surface area contributed by atoms with Crippen molar-refractivity contribution < 1.29 is 4.39 Å². The molecule has 0 saturated heterocycles. The number of hydrogen-bond donors (Lipinski definition) is 4. The zero-order valence-electron chi connectivity index (χ0n) is 12.1. The van der Waals surface area contributed by atoms with E-state index in [1.165, 1.54) is 6.07 Å². The van der Waals surface area contributed by atoms with E-state index in [9.17, 15) is 4.39 Å². The lowest BCUT2D eigenvalue weighted by atomic mass is 10.1. The van der Waals surface area contributed by atoms with Gasteiger partial charge in [0.1, 0.15) is 5.82 Å². The van der Waals surface area contributed by atoms with E-state index in [2.05, 4.69) is 25.9 Å². The fraction of sp³-hybridized carbons (Fsp3) is 0.214. The van der Waals surface area contributed by atoms with Gasteiger partial charge in [-0.15, -0.1) is 0 Å². The first kappa shape index (κ1) is 14.7. The summed E-state index contributed by atoms with van der Waals surface area (Å²) in [5.41, 5.74) is 2.38. The molecule has 1 aromatic heterocycles. The van der Waals surface area contributed by atoms with E-state index >= 15 is 0 Å². The molecule has 0 fully saturated rings. The van der Waals surface area contributed by atoms with Crippen molar-refractivity contribution in [2.24, 2.45) is 0 Å². The van der Waals surface area contributed by atoms with Gasteiger partial charge in [-0.2, -0.15) is 9.37 Å². The number of nitrogens with zero attached hydrogens (tertiary/aromatic N) is 2. The molecule has 7 heteroatoms. The molecule has 0 radical (unpaired) electrons. The lowest BCUT2D eigenvalue weighted by Crippen LogP contribution is -2.04. The van der Waals surface area contributed by atoms with Crippen molar-refractivity contribution in [1.82, 2.24) is 9.97 Å². The third-order valence-electron chi connectivity index (χ3n) is 2.99. The highest BCUT2D eigenvalue weighted by Crippen LogP contribution is 2.24. The van der Waals surface area contributed by atoms with Crippen molar-refractivity contribution in [1.29, 1.82) is 5.41 Å². The van der Waals surface area contributed by atoms with Crippen LogP contribution in [0.15, 0.2) is 24.4 Å². The molecule has 0 bridgehead atoms. The molecule has 0 saturated carbocycles. The Morgan fingerprint density at radius 3 is 2.62 bits per heavy atom. The molecule has 0 aliphatic carbocycles. The van der Waals surface area contributed by atoms with E-state index in [1.807, 2.05) is 6.92 Å². The number of benzene rings is 1. The Morgan fingerprint density at radius 2 is 2.00 bits per heavy atom. The summed E-state index contributed by atoms with van der Waals surface area (Å²) in [4.78, 5) is 8.53. The monoisotopic (exact) mass is 288 g/mol. The lowest BCUT2D eigenvalue weighted by Gasteiger charge is -2.11. The van der Waals surface area contributed by atoms with Gasteiger partial charge in [0.05, 0.1) is 5.56 Å². The second-order valence-electron chi connectivity index (χ2n) is 4.42. The van der Waals surface area contributed by atoms with Crippen molar-refractivity contribution in [2.75, 3.05) is 30.0 Å². The zero-order chi connectivity index (χ0) is 15.4. The molecule has 2 rings (SSSR count). The van der Waals surface area contributed by atoms with Crippen LogP contribution in [0.3, 0.4) is 0 Å². The van der Waals surface area contributed by atoms with Crippen LogP contribution in [0, 0.1) is 12.3 Å². The van der Waals surface area contributed by atoms with E-state index in [4.69, 9.17) is 5.41 Å². The maximum atomic E-state index is 13.1. The predicted molar refractivity (Wildman–Crippen MR) is 83.5 cm³/mol. The maximum absolute atomic E-state index is 13.1. The van der Waals surface area contributed by atoms with Crippen molar-refractivity contribution in [2.45, 2.75) is 6.92 Å². The van der Waals surface area contributed by atoms with Gasteiger partial charge in [0.25, 0.3) is 0 Å². The molecule has 110 valence electrons. The minimum absolute atomic E-state index is 0.212. The smallest absolute Gasteiger partial charge is 0.229 e. The largest absolute Gasteiger partial charge is 0.387 e. The first-order valence-corrected chi connectivity index (χ1v) is 6.39. The third-order valence-corrected chi connectivity index (χ3v) is 2.99. The molecule has 6 nitrogen and oxygen atoms in total. The Morgan fingerprint density at radius 1 is 1.24 bits per heavy atom. The average Bonchev–Trinajstić information content (AvgIpc) is 2.48. The lowest BCUT2D eigenvalue weighted by molar-refractivity contribution is 0.798. The van der Waals surface area contributed by atoms with Crippen molar-refractivity contribution in [3.8, 4) is 0 Å². The van der Waals surface area contributed by atoms with Gasteiger partial charge >= 0.3 is 0 Å². The molecule has 0 amide bonds. The van der Waals surface area contributed by atoms with Gasteiger partial charge in [-0.3, -0.25) is 5.41 Å². The van der Waals surface area contributed by atoms with Crippen molar-refractivity contribution in [3.05, 3.63) is 35.5 Å². The van der Waals surface area contributed by atoms with Crippen LogP contribution in [0.1, 0.15) is 11.1 Å². The summed E-state index contributed by atoms with van der Waals surface area (Å²) in [6.07, 6.45) is 1.71. The van der Waals surface area contributed by atoms with Crippen molar-refractivity contribution in [3.63, 3.8) is 0 Å². The molecule has 0 spiro atoms. The Bertz CT molecular complexity index is 671. The summed E-state index contributed by atoms with van der Waals surface area (Å²) >= 11 is 0. The van der Waals surface area contributed by atoms with Gasteiger partial charge in [-0.1, -0.05) is 0 Å². The molecule has 1 heterocycles. The predicted octanol–water partition coefficient (Wildman–Crippen LogP) is 2.91. The van der Waals surface area contributed by atoms with Crippen LogP contribution >= 0.6 is 0 Å². The van der Waals surface area contributed by atoms with Gasteiger partial charge in [-0.25, -0.2) is 4.98 Å². The van der Waals surface area contributed by atoms with Crippen LogP contribution in [0.2, 0.25) is 0 Å². The topological polar surface area (TPSA) is 85.7 Å². The quantitative estimate of drug-likeness (QED) is 0.636. The summed E-state index contributed by atoms with van der Waals surface area (Å²) in [7, 11) is 3.47. The Kier molecular flexibility index (Phi) is 4.32. The zero-order valence-corrected chi connectivity index (χ0v) is 12.1. The third kappa shape index (κ3) is 3.25. The minimum Gasteiger partial charge on any atom is -0.387 e. The van der Waals surface area contributed by atoms with Gasteiger partial charge < -0.3 is 16.0 Å². The molecule has 4 N–H and O–H groups in total. The van der Waals surface area contributed by atoms with Crippen LogP contribution in [-0.4, -0.2) is 30.0 Å². The second-order valence-corrected chi connectivity index (χ2v) is 4.42. The molecular formula is C14H17FN6. The molecule has 1 aromatic carbocycles. The number of aromatic nitrogens is 2. The summed E-state index contributed by atoms with van der Waals surface area (Å²) in [5, 5.41) is 16.0. The normalized spacial score (nSPS) is 10.1. The molecule has 0 aliphatic heterocycles. The Labute approximate surface area is 122 Å². The van der Waals surface area contributed by atoms with E-state index in [0.717, 1.165) is 11.4 Å². The fourth-order valence-electron chi connectivity index (χ4n) is 1.90. The Balaban J connectivity index is 2.29. The number of nitrogens with one attached hydrogen (secondary N) is 4. The molecule has 21 heavy (non-hydrogen) atoms. The van der Waals surface area contributed by atoms with Crippen LogP contribution < -0.4 is 16.0 Å². The number of aryl methyl sites for hydroxylation is 1. The van der Waals surface area contributed by atoms with Crippen LogP contribution in [0.25, 0.3) is 0 Å². The summed E-state index contributed by atoms with van der Waals surface area (Å²) < 4.78 is 13.1. The van der Waals surface area contributed by atoms with E-state index < -0.39 is 5.97 Å². The number of rotatable bonds is 5. The molecule has 2 aromatic rings. The minimum atomic E-state index is -0.977. The van der Waals surface area contributed by atoms with Gasteiger partial charge in [0.2, 0.25) is 11.9 Å². The first-order valence-electron chi connectivity index (χ1n) is 6.39. The highest BCUT2D eigenvalue weighted by Gasteiger charge is 2.09. The van der Waals surface area contributed by atoms with Crippen LogP contribution in [0.4, 0.5) is 27.5 Å². The molecule has 0 atom stereocenters. The molecule has 0 unspecified atom stereocenters. The van der Waals surface area contributed by atoms with Crippen LogP contribution in [0.5, 0.6) is 0 Å². The number of hydrogen-bond acceptors (Lipinski definition) is 6. The van der Waals surface area contributed by atoms with E-state index in [1.54, 1.807) is 32.4 Å². The SMILES string of the molecule is CNc1cc(Nc2ncc(C)c(NC)n2)ccc1C(=N)F. The Hall–Kier alpha value is -2.70. The standard InChI is InChI=1S/C14H17FN6/c1-8-7-19-14(21-13(8)18-3)20-9-4-5-10(12(15)16)11(6-9)17-2/h4-7,16-17H,1-3H3,(H2,18,19,20,21). The maximum Gasteiger partial charge on any atom is 0.229 e. The highest BCUT2D eigenvalue weighted by molar-refractivity contribution is 5.97. The van der Waals surface area contributed by atoms with Gasteiger partial charge in [-0.05, 0) is 25.1 Å². The number of anilines is 4. The highest BCUT2D eigenvalue weighted by atomic mass is 19.1. The van der Waals surface area contributed by atoms with Gasteiger partial charge in [0.15, 0.2) is 0 Å². The van der Waals surface area contributed by atoms with E-state index in [-0.39, 0.29) is 5.56 Å². The average molecular weight is 288 g/mol. The van der Waals surface area contributed by atoms with E-state index in [0.29, 0.717) is 17.3 Å². The summed E-state index contributed by atoms with van der Waals surface area (Å²) in [6.45, 7) is 1.91. The molecular weight excluding hydrogens is 271 g/mol. The van der Waals surface area contributed by atoms with Crippen molar-refractivity contribution >= 4 is 29.1 Å². The number of halogens is 1. The van der Waals surface area contributed by atoms with Crippen LogP contribution in [-0.2, 0) is 0 Å². The summed E-state index contributed by atoms with van der Waals surface area (Å²) in [6, 6.07) is 4.90. The fourth-order valence-corrected chi connectivity index (χ4v) is 1.90. The second kappa shape index (κ2) is 6.17. The first-order chi connectivity index (χ1) is 10.0. The van der Waals surface area contributed by atoms with Gasteiger partial charge in [0, 0.05) is 37.2 Å². The molecule has 0 aliphatic rings.